The van der Waals surface area contributed by atoms with Crippen LogP contribution >= 0.6 is 0 Å². The van der Waals surface area contributed by atoms with Crippen LogP contribution in [0.4, 0.5) is 9.18 Å². The smallest absolute Gasteiger partial charge is 0.409 e. The lowest BCUT2D eigenvalue weighted by molar-refractivity contribution is 0.0690. The number of likely N-dealkylation sites (tertiary alicyclic amines) is 1. The highest BCUT2D eigenvalue weighted by Crippen LogP contribution is 2.44. The fourth-order valence-corrected chi connectivity index (χ4v) is 5.20. The van der Waals surface area contributed by atoms with E-state index >= 15 is 0 Å². The van der Waals surface area contributed by atoms with Crippen molar-refractivity contribution in [1.82, 2.24) is 4.90 Å². The van der Waals surface area contributed by atoms with Gasteiger partial charge in [-0.15, -0.1) is 0 Å². The van der Waals surface area contributed by atoms with Gasteiger partial charge in [0, 0.05) is 19.0 Å². The van der Waals surface area contributed by atoms with Crippen molar-refractivity contribution in [2.75, 3.05) is 19.7 Å². The van der Waals surface area contributed by atoms with Gasteiger partial charge in [0.2, 0.25) is 0 Å². The normalized spacial score (nSPS) is 15.6. The van der Waals surface area contributed by atoms with Crippen molar-refractivity contribution in [3.8, 4) is 11.1 Å². The maximum atomic E-state index is 13.6. The van der Waals surface area contributed by atoms with Crippen LogP contribution in [0.3, 0.4) is 0 Å². The second-order valence-electron chi connectivity index (χ2n) is 9.06. The first-order valence-electron chi connectivity index (χ1n) is 11.6. The van der Waals surface area contributed by atoms with Crippen molar-refractivity contribution >= 4 is 12.1 Å². The van der Waals surface area contributed by atoms with Gasteiger partial charge in [-0.3, -0.25) is 0 Å². The first kappa shape index (κ1) is 22.1. The average molecular weight is 460 g/mol. The van der Waals surface area contributed by atoms with Crippen LogP contribution in [0, 0.1) is 11.7 Å². The summed E-state index contributed by atoms with van der Waals surface area (Å²) in [6.45, 7) is 1.49. The van der Waals surface area contributed by atoms with Gasteiger partial charge in [-0.25, -0.2) is 14.0 Å². The quantitative estimate of drug-likeness (QED) is 0.529. The lowest BCUT2D eigenvalue weighted by atomic mass is 9.90. The third kappa shape index (κ3) is 4.28. The molecule has 0 radical (unpaired) electrons. The summed E-state index contributed by atoms with van der Waals surface area (Å²) in [5.74, 6) is -1.63. The lowest BCUT2D eigenvalue weighted by Gasteiger charge is -2.31. The number of carbonyl (C=O) groups excluding carboxylic acids is 1. The molecule has 6 heteroatoms. The molecule has 0 aromatic heterocycles. The van der Waals surface area contributed by atoms with E-state index in [9.17, 15) is 14.0 Å². The molecular weight excluding hydrogens is 433 g/mol. The Labute approximate surface area is 197 Å². The summed E-state index contributed by atoms with van der Waals surface area (Å²) in [5.41, 5.74) is 5.29. The number of hydrogen-bond donors (Lipinski definition) is 1. The Morgan fingerprint density at radius 3 is 2.18 bits per heavy atom. The summed E-state index contributed by atoms with van der Waals surface area (Å²) in [5, 5.41) is 9.13. The van der Waals surface area contributed by atoms with Gasteiger partial charge in [0.05, 0.1) is 5.56 Å². The number of nitrogens with zero attached hydrogens (tertiary/aromatic N) is 1. The molecule has 1 aliphatic heterocycles. The highest BCUT2D eigenvalue weighted by Gasteiger charge is 2.30. The first-order chi connectivity index (χ1) is 16.5. The van der Waals surface area contributed by atoms with Crippen molar-refractivity contribution < 1.29 is 23.8 Å². The third-order valence-corrected chi connectivity index (χ3v) is 6.99. The van der Waals surface area contributed by atoms with E-state index in [-0.39, 0.29) is 17.6 Å². The zero-order valence-electron chi connectivity index (χ0n) is 18.7. The standard InChI is InChI=1S/C28H26FNO4/c29-26-10-9-19(16-24(26)27(31)32)15-18-11-13-30(14-12-18)28(33)34-17-25-22-7-3-1-5-20(22)21-6-2-4-8-23(21)25/h1-10,16,18,25H,11-15,17H2,(H,31,32). The van der Waals surface area contributed by atoms with Gasteiger partial charge in [0.25, 0.3) is 0 Å². The summed E-state index contributed by atoms with van der Waals surface area (Å²) < 4.78 is 19.4. The van der Waals surface area contributed by atoms with E-state index in [4.69, 9.17) is 9.84 Å². The SMILES string of the molecule is O=C(O)c1cc(CC2CCN(C(=O)OCC3c4ccccc4-c4ccccc43)CC2)ccc1F. The van der Waals surface area contributed by atoms with E-state index in [1.165, 1.54) is 34.4 Å². The van der Waals surface area contributed by atoms with Crippen molar-refractivity contribution in [3.63, 3.8) is 0 Å². The molecule has 3 aromatic carbocycles. The van der Waals surface area contributed by atoms with Gasteiger partial charge < -0.3 is 14.7 Å². The van der Waals surface area contributed by atoms with Crippen molar-refractivity contribution in [2.45, 2.75) is 25.2 Å². The molecule has 0 bridgehead atoms. The summed E-state index contributed by atoms with van der Waals surface area (Å²) in [4.78, 5) is 25.7. The van der Waals surface area contributed by atoms with Gasteiger partial charge in [0.1, 0.15) is 12.4 Å². The minimum Gasteiger partial charge on any atom is -0.478 e. The second-order valence-corrected chi connectivity index (χ2v) is 9.06. The van der Waals surface area contributed by atoms with Crippen LogP contribution in [0.25, 0.3) is 11.1 Å². The van der Waals surface area contributed by atoms with Crippen LogP contribution in [-0.4, -0.2) is 41.8 Å². The number of carboxylic acids is 1. The number of ether oxygens (including phenoxy) is 1. The fraction of sp³-hybridized carbons (Fsp3) is 0.286. The van der Waals surface area contributed by atoms with E-state index in [2.05, 4.69) is 24.3 Å². The van der Waals surface area contributed by atoms with Crippen LogP contribution in [0.1, 0.15) is 45.8 Å². The molecular formula is C28H26FNO4. The maximum Gasteiger partial charge on any atom is 0.409 e. The Bertz CT molecular complexity index is 1190. The van der Waals surface area contributed by atoms with Crippen molar-refractivity contribution in [1.29, 1.82) is 0 Å². The highest BCUT2D eigenvalue weighted by atomic mass is 19.1. The summed E-state index contributed by atoms with van der Waals surface area (Å²) in [6, 6.07) is 20.8. The molecule has 1 aliphatic carbocycles. The number of benzene rings is 3. The number of piperidine rings is 1. The van der Waals surface area contributed by atoms with Crippen LogP contribution in [-0.2, 0) is 11.2 Å². The molecule has 5 nitrogen and oxygen atoms in total. The maximum absolute atomic E-state index is 13.6. The predicted molar refractivity (Wildman–Crippen MR) is 126 cm³/mol. The molecule has 3 aromatic rings. The number of rotatable bonds is 5. The van der Waals surface area contributed by atoms with Crippen LogP contribution < -0.4 is 0 Å². The molecule has 0 atom stereocenters. The number of carbonyl (C=O) groups is 2. The first-order valence-corrected chi connectivity index (χ1v) is 11.6. The topological polar surface area (TPSA) is 66.8 Å². The monoisotopic (exact) mass is 459 g/mol. The fourth-order valence-electron chi connectivity index (χ4n) is 5.20. The summed E-state index contributed by atoms with van der Waals surface area (Å²) >= 11 is 0. The Kier molecular flexibility index (Phi) is 6.05. The van der Waals surface area contributed by atoms with E-state index in [0.29, 0.717) is 32.0 Å². The lowest BCUT2D eigenvalue weighted by Crippen LogP contribution is -2.39. The summed E-state index contributed by atoms with van der Waals surface area (Å²) in [6.07, 6.45) is 1.96. The number of halogens is 1. The minimum atomic E-state index is -1.26. The molecule has 34 heavy (non-hydrogen) atoms. The second kappa shape index (κ2) is 9.29. The average Bonchev–Trinajstić information content (AvgIpc) is 3.18. The largest absolute Gasteiger partial charge is 0.478 e. The zero-order chi connectivity index (χ0) is 23.7. The van der Waals surface area contributed by atoms with Gasteiger partial charge in [-0.1, -0.05) is 54.6 Å². The molecule has 1 N–H and O–H groups in total. The molecule has 0 spiro atoms. The highest BCUT2D eigenvalue weighted by molar-refractivity contribution is 5.88. The van der Waals surface area contributed by atoms with Gasteiger partial charge >= 0.3 is 12.1 Å². The molecule has 5 rings (SSSR count). The van der Waals surface area contributed by atoms with Gasteiger partial charge in [0.15, 0.2) is 0 Å². The number of hydrogen-bond acceptors (Lipinski definition) is 3. The molecule has 1 fully saturated rings. The number of fused-ring (bicyclic) bond motifs is 3. The van der Waals surface area contributed by atoms with Gasteiger partial charge in [-0.2, -0.15) is 0 Å². The number of aromatic carboxylic acids is 1. The summed E-state index contributed by atoms with van der Waals surface area (Å²) in [7, 11) is 0. The minimum absolute atomic E-state index is 0.0378. The van der Waals surface area contributed by atoms with Gasteiger partial charge in [-0.05, 0) is 65.1 Å². The Balaban J connectivity index is 1.17. The molecule has 1 saturated heterocycles. The number of amides is 1. The Hall–Kier alpha value is -3.67. The zero-order valence-corrected chi connectivity index (χ0v) is 18.7. The molecule has 0 unspecified atom stereocenters. The van der Waals surface area contributed by atoms with E-state index in [1.54, 1.807) is 11.0 Å². The van der Waals surface area contributed by atoms with Crippen LogP contribution in [0.2, 0.25) is 0 Å². The molecule has 1 amide bonds. The molecule has 2 aliphatic rings. The molecule has 174 valence electrons. The Morgan fingerprint density at radius 1 is 0.941 bits per heavy atom. The third-order valence-electron chi connectivity index (χ3n) is 6.99. The van der Waals surface area contributed by atoms with Crippen LogP contribution in [0.5, 0.6) is 0 Å². The van der Waals surface area contributed by atoms with Crippen LogP contribution in [0.15, 0.2) is 66.7 Å². The van der Waals surface area contributed by atoms with E-state index in [0.717, 1.165) is 18.4 Å². The predicted octanol–water partition coefficient (Wildman–Crippen LogP) is 5.73. The number of carboxylic acid groups (broad SMARTS) is 1. The van der Waals surface area contributed by atoms with Crippen molar-refractivity contribution in [3.05, 3.63) is 94.8 Å². The van der Waals surface area contributed by atoms with E-state index in [1.807, 2.05) is 24.3 Å². The molecule has 0 saturated carbocycles. The van der Waals surface area contributed by atoms with Crippen molar-refractivity contribution in [2.24, 2.45) is 5.92 Å². The molecule has 1 heterocycles. The van der Waals surface area contributed by atoms with E-state index < -0.39 is 11.8 Å². The Morgan fingerprint density at radius 2 is 1.56 bits per heavy atom.